The molecule has 5 unspecified atom stereocenters. The number of hydrogen-bond donors (Lipinski definition) is 0. The molecule has 4 rings (SSSR count). The molecule has 3 heterocycles. The van der Waals surface area contributed by atoms with Gasteiger partial charge in [0.15, 0.2) is 0 Å². The normalized spacial score (nSPS) is 37.8. The number of likely N-dealkylation sites (tertiary alicyclic amines) is 1. The van der Waals surface area contributed by atoms with Crippen LogP contribution in [0.5, 0.6) is 0 Å². The van der Waals surface area contributed by atoms with E-state index >= 15 is 0 Å². The molecule has 0 N–H and O–H groups in total. The highest BCUT2D eigenvalue weighted by atomic mass is 16.2. The van der Waals surface area contributed by atoms with Crippen molar-refractivity contribution in [2.45, 2.75) is 77.3 Å². The molecule has 1 saturated carbocycles. The maximum atomic E-state index is 13.0. The smallest absolute Gasteiger partial charge is 0.238 e. The quantitative estimate of drug-likeness (QED) is 0.719. The summed E-state index contributed by atoms with van der Waals surface area (Å²) in [5.74, 6) is 1.63. The van der Waals surface area contributed by atoms with E-state index in [1.165, 1.54) is 57.9 Å². The molecule has 1 amide bonds. The fraction of sp³-hybridized carbons (Fsp3) is 0.696. The Kier molecular flexibility index (Phi) is 5.35. The van der Waals surface area contributed by atoms with Crippen molar-refractivity contribution in [1.82, 2.24) is 9.80 Å². The summed E-state index contributed by atoms with van der Waals surface area (Å²) in [5, 5.41) is 0. The molecular weight excluding hydrogens is 320 g/mol. The van der Waals surface area contributed by atoms with Crippen LogP contribution >= 0.6 is 0 Å². The van der Waals surface area contributed by atoms with Gasteiger partial charge >= 0.3 is 0 Å². The molecule has 0 bridgehead atoms. The molecule has 3 heteroatoms. The van der Waals surface area contributed by atoms with Gasteiger partial charge in [-0.15, -0.1) is 0 Å². The molecule has 0 spiro atoms. The first-order valence-corrected chi connectivity index (χ1v) is 10.8. The van der Waals surface area contributed by atoms with Gasteiger partial charge in [-0.3, -0.25) is 14.6 Å². The SMILES string of the molecule is CC1CCCC(C)N1CCC1CCCCC1C1C=C2C=CC=CN2C1=O. The summed E-state index contributed by atoms with van der Waals surface area (Å²) >= 11 is 0. The molecule has 3 aliphatic heterocycles. The van der Waals surface area contributed by atoms with E-state index in [4.69, 9.17) is 0 Å². The number of rotatable bonds is 4. The Morgan fingerprint density at radius 2 is 1.77 bits per heavy atom. The fourth-order valence-corrected chi connectivity index (χ4v) is 5.81. The first-order valence-electron chi connectivity index (χ1n) is 10.8. The Morgan fingerprint density at radius 3 is 2.54 bits per heavy atom. The molecule has 3 nitrogen and oxygen atoms in total. The number of allylic oxidation sites excluding steroid dienone is 3. The predicted molar refractivity (Wildman–Crippen MR) is 106 cm³/mol. The van der Waals surface area contributed by atoms with Crippen LogP contribution in [0.4, 0.5) is 0 Å². The molecule has 5 atom stereocenters. The first kappa shape index (κ1) is 18.0. The monoisotopic (exact) mass is 354 g/mol. The fourth-order valence-electron chi connectivity index (χ4n) is 5.81. The van der Waals surface area contributed by atoms with Crippen LogP contribution in [0.3, 0.4) is 0 Å². The van der Waals surface area contributed by atoms with Crippen LogP contribution in [-0.4, -0.2) is 34.3 Å². The highest BCUT2D eigenvalue weighted by molar-refractivity contribution is 5.88. The van der Waals surface area contributed by atoms with Crippen molar-refractivity contribution in [1.29, 1.82) is 0 Å². The zero-order valence-corrected chi connectivity index (χ0v) is 16.4. The van der Waals surface area contributed by atoms with Crippen molar-refractivity contribution >= 4 is 5.91 Å². The van der Waals surface area contributed by atoms with Crippen LogP contribution in [0.1, 0.15) is 65.2 Å². The van der Waals surface area contributed by atoms with E-state index < -0.39 is 0 Å². The van der Waals surface area contributed by atoms with Crippen LogP contribution in [0.15, 0.2) is 36.2 Å². The van der Waals surface area contributed by atoms with Crippen LogP contribution in [0.25, 0.3) is 0 Å². The Balaban J connectivity index is 1.44. The van der Waals surface area contributed by atoms with E-state index in [0.29, 0.717) is 17.7 Å². The lowest BCUT2D eigenvalue weighted by molar-refractivity contribution is -0.130. The number of fused-ring (bicyclic) bond motifs is 1. The average Bonchev–Trinajstić information content (AvgIpc) is 2.99. The highest BCUT2D eigenvalue weighted by Crippen LogP contribution is 2.42. The number of amides is 1. The maximum Gasteiger partial charge on any atom is 0.238 e. The van der Waals surface area contributed by atoms with Crippen molar-refractivity contribution < 1.29 is 4.79 Å². The van der Waals surface area contributed by atoms with Crippen molar-refractivity contribution in [2.24, 2.45) is 17.8 Å². The molecule has 142 valence electrons. The average molecular weight is 355 g/mol. The van der Waals surface area contributed by atoms with Crippen molar-refractivity contribution in [3.05, 3.63) is 36.2 Å². The van der Waals surface area contributed by atoms with Gasteiger partial charge in [0.1, 0.15) is 0 Å². The van der Waals surface area contributed by atoms with Gasteiger partial charge in [-0.05, 0) is 76.1 Å². The third-order valence-corrected chi connectivity index (χ3v) is 7.33. The third-order valence-electron chi connectivity index (χ3n) is 7.33. The summed E-state index contributed by atoms with van der Waals surface area (Å²) in [6, 6.07) is 1.44. The molecule has 0 radical (unpaired) electrons. The number of hydrogen-bond acceptors (Lipinski definition) is 2. The number of carbonyl (C=O) groups is 1. The minimum absolute atomic E-state index is 0.0962. The standard InChI is InChI=1S/C23H34N2O/c1-17-8-7-9-18(2)24(17)15-13-19-10-3-4-12-21(19)22-16-20-11-5-6-14-25(20)23(22)26/h5-6,11,14,16-19,21-22H,3-4,7-10,12-13,15H2,1-2H3. The second kappa shape index (κ2) is 7.72. The van der Waals surface area contributed by atoms with E-state index in [9.17, 15) is 4.79 Å². The van der Waals surface area contributed by atoms with Gasteiger partial charge in [0.2, 0.25) is 5.91 Å². The van der Waals surface area contributed by atoms with Crippen LogP contribution < -0.4 is 0 Å². The second-order valence-electron chi connectivity index (χ2n) is 8.89. The minimum atomic E-state index is 0.0962. The summed E-state index contributed by atoms with van der Waals surface area (Å²) in [5.41, 5.74) is 1.09. The van der Waals surface area contributed by atoms with Gasteiger partial charge in [-0.2, -0.15) is 0 Å². The van der Waals surface area contributed by atoms with Gasteiger partial charge in [0.05, 0.1) is 5.92 Å². The lowest BCUT2D eigenvalue weighted by Crippen LogP contribution is -2.45. The van der Waals surface area contributed by atoms with Crippen molar-refractivity contribution in [3.63, 3.8) is 0 Å². The molecule has 1 aliphatic carbocycles. The van der Waals surface area contributed by atoms with Crippen LogP contribution in [0, 0.1) is 17.8 Å². The van der Waals surface area contributed by atoms with Gasteiger partial charge in [-0.25, -0.2) is 0 Å². The zero-order valence-electron chi connectivity index (χ0n) is 16.4. The van der Waals surface area contributed by atoms with Crippen molar-refractivity contribution in [3.8, 4) is 0 Å². The molecule has 26 heavy (non-hydrogen) atoms. The largest absolute Gasteiger partial charge is 0.298 e. The lowest BCUT2D eigenvalue weighted by atomic mass is 9.71. The second-order valence-corrected chi connectivity index (χ2v) is 8.89. The molecule has 0 aromatic heterocycles. The van der Waals surface area contributed by atoms with Gasteiger partial charge in [0.25, 0.3) is 0 Å². The van der Waals surface area contributed by atoms with E-state index in [2.05, 4.69) is 30.9 Å². The Hall–Kier alpha value is -1.35. The Labute approximate surface area is 158 Å². The van der Waals surface area contributed by atoms with E-state index in [1.54, 1.807) is 0 Å². The first-order chi connectivity index (χ1) is 12.6. The third kappa shape index (κ3) is 3.43. The minimum Gasteiger partial charge on any atom is -0.298 e. The Bertz CT molecular complexity index is 610. The highest BCUT2D eigenvalue weighted by Gasteiger charge is 2.41. The summed E-state index contributed by atoms with van der Waals surface area (Å²) in [4.78, 5) is 17.6. The van der Waals surface area contributed by atoms with Crippen LogP contribution in [0.2, 0.25) is 0 Å². The summed E-state index contributed by atoms with van der Waals surface area (Å²) in [6.45, 7) is 6.01. The molecule has 0 aromatic rings. The number of piperidine rings is 1. The predicted octanol–water partition coefficient (Wildman–Crippen LogP) is 4.87. The molecule has 4 aliphatic rings. The topological polar surface area (TPSA) is 23.6 Å². The van der Waals surface area contributed by atoms with Crippen LogP contribution in [-0.2, 0) is 4.79 Å². The van der Waals surface area contributed by atoms with E-state index in [1.807, 2.05) is 23.3 Å². The number of nitrogens with zero attached hydrogens (tertiary/aromatic N) is 2. The van der Waals surface area contributed by atoms with E-state index in [0.717, 1.165) is 17.8 Å². The maximum absolute atomic E-state index is 13.0. The summed E-state index contributed by atoms with van der Waals surface area (Å²) < 4.78 is 0. The van der Waals surface area contributed by atoms with E-state index in [-0.39, 0.29) is 5.92 Å². The molecule has 0 aromatic carbocycles. The lowest BCUT2D eigenvalue weighted by Gasteiger charge is -2.41. The van der Waals surface area contributed by atoms with Gasteiger partial charge in [0, 0.05) is 24.0 Å². The summed E-state index contributed by atoms with van der Waals surface area (Å²) in [7, 11) is 0. The van der Waals surface area contributed by atoms with Gasteiger partial charge < -0.3 is 0 Å². The molecular formula is C23H34N2O. The van der Waals surface area contributed by atoms with Gasteiger partial charge in [-0.1, -0.05) is 31.8 Å². The summed E-state index contributed by atoms with van der Waals surface area (Å²) in [6.07, 6.45) is 20.8. The zero-order chi connectivity index (χ0) is 18.1. The molecule has 1 saturated heterocycles. The number of carbonyl (C=O) groups excluding carboxylic acids is 1. The van der Waals surface area contributed by atoms with Crippen molar-refractivity contribution in [2.75, 3.05) is 6.54 Å². The Morgan fingerprint density at radius 1 is 1.00 bits per heavy atom. The molecule has 2 fully saturated rings.